The van der Waals surface area contributed by atoms with Crippen LogP contribution in [0, 0.1) is 23.2 Å². The van der Waals surface area contributed by atoms with Gasteiger partial charge in [-0.1, -0.05) is 0 Å². The molecule has 0 spiro atoms. The fourth-order valence-electron chi connectivity index (χ4n) is 4.13. The molecule has 0 aromatic carbocycles. The van der Waals surface area contributed by atoms with Gasteiger partial charge in [0.05, 0.1) is 30.7 Å². The van der Waals surface area contributed by atoms with Gasteiger partial charge in [0.15, 0.2) is 0 Å². The van der Waals surface area contributed by atoms with Crippen molar-refractivity contribution >= 4 is 23.3 Å². The second-order valence-electron chi connectivity index (χ2n) is 7.29. The van der Waals surface area contributed by atoms with Crippen molar-refractivity contribution in [3.8, 4) is 11.8 Å². The molecule has 5 unspecified atom stereocenters. The number of aromatic nitrogens is 1. The van der Waals surface area contributed by atoms with Gasteiger partial charge in [-0.3, -0.25) is 4.79 Å². The molecule has 3 rings (SSSR count). The molecule has 8 heteroatoms. The Morgan fingerprint density at radius 3 is 2.85 bits per heavy atom. The summed E-state index contributed by atoms with van der Waals surface area (Å²) in [5.41, 5.74) is 0.372. The summed E-state index contributed by atoms with van der Waals surface area (Å²) in [4.78, 5) is 16.9. The number of nitriles is 1. The van der Waals surface area contributed by atoms with Crippen LogP contribution in [0.5, 0.6) is 5.75 Å². The van der Waals surface area contributed by atoms with Gasteiger partial charge in [-0.25, -0.2) is 4.98 Å². The molecule has 2 heterocycles. The van der Waals surface area contributed by atoms with E-state index in [1.807, 2.05) is 13.0 Å². The van der Waals surface area contributed by atoms with E-state index in [1.54, 1.807) is 13.2 Å². The average molecular weight is 393 g/mol. The quantitative estimate of drug-likeness (QED) is 0.746. The Labute approximate surface area is 164 Å². The second kappa shape index (κ2) is 8.32. The Kier molecular flexibility index (Phi) is 6.08. The van der Waals surface area contributed by atoms with Gasteiger partial charge in [0, 0.05) is 25.3 Å². The summed E-state index contributed by atoms with van der Waals surface area (Å²) in [7, 11) is 3.18. The standard InChI is InChI=1S/C19H25ClN4O3/c1-10(23-18-7-16(26-2)12(8-21)9-22-18)13-4-11-5-14(20)17(27-3)6-15(11)24-19(13)25/h7,9-11,13-15,17H,4-6H2,1-3H3,(H,22,23)(H,24,25)/t10-,11?,13?,14?,15?,17?/m0/s1. The number of carbonyl (C=O) groups excluding carboxylic acids is 1. The van der Waals surface area contributed by atoms with Crippen molar-refractivity contribution in [1.82, 2.24) is 10.3 Å². The molecule has 1 aliphatic carbocycles. The molecule has 2 fully saturated rings. The van der Waals surface area contributed by atoms with Crippen molar-refractivity contribution in [3.63, 3.8) is 0 Å². The monoisotopic (exact) mass is 392 g/mol. The van der Waals surface area contributed by atoms with Crippen LogP contribution in [0.25, 0.3) is 0 Å². The van der Waals surface area contributed by atoms with Gasteiger partial charge < -0.3 is 20.1 Å². The predicted octanol–water partition coefficient (Wildman–Crippen LogP) is 2.30. The number of hydrogen-bond donors (Lipinski definition) is 2. The second-order valence-corrected chi connectivity index (χ2v) is 7.85. The predicted molar refractivity (Wildman–Crippen MR) is 102 cm³/mol. The fraction of sp³-hybridized carbons (Fsp3) is 0.632. The molecule has 7 nitrogen and oxygen atoms in total. The molecular weight excluding hydrogens is 368 g/mol. The van der Waals surface area contributed by atoms with E-state index in [2.05, 4.69) is 15.6 Å². The summed E-state index contributed by atoms with van der Waals surface area (Å²) >= 11 is 6.45. The Bertz CT molecular complexity index is 738. The number of fused-ring (bicyclic) bond motifs is 1. The number of halogens is 1. The highest BCUT2D eigenvalue weighted by Gasteiger charge is 2.44. The largest absolute Gasteiger partial charge is 0.495 e. The smallest absolute Gasteiger partial charge is 0.225 e. The molecule has 1 saturated heterocycles. The highest BCUT2D eigenvalue weighted by atomic mass is 35.5. The highest BCUT2D eigenvalue weighted by molar-refractivity contribution is 6.21. The Morgan fingerprint density at radius 2 is 2.19 bits per heavy atom. The number of ether oxygens (including phenoxy) is 2. The zero-order chi connectivity index (χ0) is 19.6. The van der Waals surface area contributed by atoms with Gasteiger partial charge >= 0.3 is 0 Å². The molecule has 0 radical (unpaired) electrons. The minimum absolute atomic E-state index is 0.0179. The van der Waals surface area contributed by atoms with Crippen LogP contribution < -0.4 is 15.4 Å². The summed E-state index contributed by atoms with van der Waals surface area (Å²) in [5, 5.41) is 15.5. The molecule has 1 amide bonds. The van der Waals surface area contributed by atoms with E-state index in [1.165, 1.54) is 13.3 Å². The van der Waals surface area contributed by atoms with E-state index in [4.69, 9.17) is 26.3 Å². The first-order chi connectivity index (χ1) is 13.0. The maximum Gasteiger partial charge on any atom is 0.225 e. The van der Waals surface area contributed by atoms with Crippen LogP contribution in [0.4, 0.5) is 5.82 Å². The summed E-state index contributed by atoms with van der Waals surface area (Å²) < 4.78 is 10.7. The normalized spacial score (nSPS) is 31.2. The Balaban J connectivity index is 1.68. The number of hydrogen-bond acceptors (Lipinski definition) is 6. The number of anilines is 1. The third-order valence-electron chi connectivity index (χ3n) is 5.70. The Morgan fingerprint density at radius 1 is 1.41 bits per heavy atom. The van der Waals surface area contributed by atoms with E-state index >= 15 is 0 Å². The van der Waals surface area contributed by atoms with Crippen molar-refractivity contribution in [2.24, 2.45) is 11.8 Å². The number of methoxy groups -OCH3 is 2. The fourth-order valence-corrected chi connectivity index (χ4v) is 4.57. The molecule has 0 bridgehead atoms. The molecule has 1 aliphatic heterocycles. The van der Waals surface area contributed by atoms with Crippen LogP contribution in [0.15, 0.2) is 12.3 Å². The van der Waals surface area contributed by atoms with Crippen molar-refractivity contribution in [2.75, 3.05) is 19.5 Å². The minimum Gasteiger partial charge on any atom is -0.495 e. The van der Waals surface area contributed by atoms with Crippen molar-refractivity contribution in [1.29, 1.82) is 5.26 Å². The van der Waals surface area contributed by atoms with Crippen LogP contribution in [0.3, 0.4) is 0 Å². The van der Waals surface area contributed by atoms with E-state index in [0.29, 0.717) is 23.0 Å². The molecule has 1 saturated carbocycles. The number of alkyl halides is 1. The number of piperidine rings is 1. The summed E-state index contributed by atoms with van der Waals surface area (Å²) in [5.74, 6) is 1.23. The lowest BCUT2D eigenvalue weighted by Gasteiger charge is -2.44. The van der Waals surface area contributed by atoms with Gasteiger partial charge in [-0.2, -0.15) is 5.26 Å². The number of nitrogens with zero attached hydrogens (tertiary/aromatic N) is 2. The van der Waals surface area contributed by atoms with Crippen molar-refractivity contribution < 1.29 is 14.3 Å². The van der Waals surface area contributed by atoms with Crippen LogP contribution in [0.1, 0.15) is 31.7 Å². The minimum atomic E-state index is -0.183. The highest BCUT2D eigenvalue weighted by Crippen LogP contribution is 2.38. The van der Waals surface area contributed by atoms with Crippen LogP contribution in [-0.4, -0.2) is 48.7 Å². The molecule has 1 aromatic heterocycles. The van der Waals surface area contributed by atoms with Crippen molar-refractivity contribution in [3.05, 3.63) is 17.8 Å². The van der Waals surface area contributed by atoms with Gasteiger partial charge in [0.25, 0.3) is 0 Å². The van der Waals surface area contributed by atoms with Gasteiger partial charge in [-0.05, 0) is 32.1 Å². The third-order valence-corrected chi connectivity index (χ3v) is 6.16. The van der Waals surface area contributed by atoms with E-state index in [9.17, 15) is 4.79 Å². The summed E-state index contributed by atoms with van der Waals surface area (Å²) in [6, 6.07) is 3.72. The molecule has 146 valence electrons. The molecule has 1 aromatic rings. The first kappa shape index (κ1) is 19.7. The van der Waals surface area contributed by atoms with E-state index in [0.717, 1.165) is 19.3 Å². The molecule has 2 N–H and O–H groups in total. The topological polar surface area (TPSA) is 96.3 Å². The first-order valence-electron chi connectivity index (χ1n) is 9.14. The molecule has 6 atom stereocenters. The van der Waals surface area contributed by atoms with E-state index < -0.39 is 0 Å². The van der Waals surface area contributed by atoms with Crippen LogP contribution in [-0.2, 0) is 9.53 Å². The zero-order valence-electron chi connectivity index (χ0n) is 15.7. The SMILES string of the molecule is COc1cc(N[C@@H](C)C2CC3CC(Cl)C(OC)CC3NC2=O)ncc1C#N. The van der Waals surface area contributed by atoms with Gasteiger partial charge in [-0.15, -0.1) is 11.6 Å². The first-order valence-corrected chi connectivity index (χ1v) is 9.58. The number of nitrogens with one attached hydrogen (secondary N) is 2. The zero-order valence-corrected chi connectivity index (χ0v) is 16.5. The molecular formula is C19H25ClN4O3. The number of carbonyl (C=O) groups is 1. The average Bonchev–Trinajstić information content (AvgIpc) is 2.67. The third kappa shape index (κ3) is 4.12. The Hall–Kier alpha value is -2.04. The summed E-state index contributed by atoms with van der Waals surface area (Å²) in [6.45, 7) is 1.97. The van der Waals surface area contributed by atoms with Crippen LogP contribution >= 0.6 is 11.6 Å². The molecule has 2 aliphatic rings. The van der Waals surface area contributed by atoms with Crippen LogP contribution in [0.2, 0.25) is 0 Å². The number of pyridine rings is 1. The maximum absolute atomic E-state index is 12.7. The number of rotatable bonds is 5. The lowest BCUT2D eigenvalue weighted by atomic mass is 9.73. The van der Waals surface area contributed by atoms with Crippen molar-refractivity contribution in [2.45, 2.75) is 49.8 Å². The van der Waals surface area contributed by atoms with Gasteiger partial charge in [0.2, 0.25) is 5.91 Å². The molecule has 27 heavy (non-hydrogen) atoms. The summed E-state index contributed by atoms with van der Waals surface area (Å²) in [6.07, 6.45) is 3.81. The lowest BCUT2D eigenvalue weighted by Crippen LogP contribution is -2.57. The van der Waals surface area contributed by atoms with E-state index in [-0.39, 0.29) is 35.4 Å². The lowest BCUT2D eigenvalue weighted by molar-refractivity contribution is -0.131. The van der Waals surface area contributed by atoms with Gasteiger partial charge in [0.1, 0.15) is 23.2 Å². The number of amides is 1. The maximum atomic E-state index is 12.7.